The van der Waals surface area contributed by atoms with Gasteiger partial charge in [-0.15, -0.1) is 11.3 Å². The van der Waals surface area contributed by atoms with E-state index in [0.717, 1.165) is 17.3 Å². The van der Waals surface area contributed by atoms with Crippen LogP contribution in [0, 0.1) is 11.6 Å². The number of carbonyl (C=O) groups excluding carboxylic acids is 1. The van der Waals surface area contributed by atoms with Crippen LogP contribution >= 0.6 is 22.9 Å². The summed E-state index contributed by atoms with van der Waals surface area (Å²) in [6.45, 7) is 2.24. The normalized spacial score (nSPS) is 15.2. The number of rotatable bonds is 2. The van der Waals surface area contributed by atoms with Gasteiger partial charge in [-0.3, -0.25) is 4.79 Å². The summed E-state index contributed by atoms with van der Waals surface area (Å²) in [5, 5.41) is 2.73. The van der Waals surface area contributed by atoms with Crippen LogP contribution in [0.3, 0.4) is 0 Å². The first-order chi connectivity index (χ1) is 10.6. The van der Waals surface area contributed by atoms with Gasteiger partial charge in [0.25, 0.3) is 5.91 Å². The third-order valence-electron chi connectivity index (χ3n) is 3.50. The molecule has 0 atom stereocenters. The van der Waals surface area contributed by atoms with Crippen molar-refractivity contribution in [1.82, 2.24) is 9.88 Å². The molecule has 0 radical (unpaired) electrons. The second kappa shape index (κ2) is 6.18. The molecule has 1 amide bonds. The van der Waals surface area contributed by atoms with Gasteiger partial charge in [0.05, 0.1) is 10.6 Å². The second-order valence-corrected chi connectivity index (χ2v) is 6.12. The SMILES string of the molecule is O=C(c1cc(F)c(F)cc1Cl)N1CCN(c2nccs2)CC1. The number of anilines is 1. The molecule has 0 N–H and O–H groups in total. The number of halogens is 3. The smallest absolute Gasteiger partial charge is 0.255 e. The summed E-state index contributed by atoms with van der Waals surface area (Å²) in [7, 11) is 0. The average Bonchev–Trinajstić information content (AvgIpc) is 3.05. The average molecular weight is 344 g/mol. The number of hydrogen-bond donors (Lipinski definition) is 0. The lowest BCUT2D eigenvalue weighted by Crippen LogP contribution is -2.48. The van der Waals surface area contributed by atoms with Gasteiger partial charge in [0.2, 0.25) is 0 Å². The highest BCUT2D eigenvalue weighted by molar-refractivity contribution is 7.13. The van der Waals surface area contributed by atoms with Gasteiger partial charge in [-0.25, -0.2) is 13.8 Å². The molecule has 2 heterocycles. The number of thiazole rings is 1. The molecule has 3 rings (SSSR count). The fourth-order valence-electron chi connectivity index (χ4n) is 2.33. The highest BCUT2D eigenvalue weighted by Crippen LogP contribution is 2.23. The monoisotopic (exact) mass is 343 g/mol. The number of benzene rings is 1. The lowest BCUT2D eigenvalue weighted by atomic mass is 10.1. The molecule has 116 valence electrons. The van der Waals surface area contributed by atoms with E-state index in [2.05, 4.69) is 9.88 Å². The molecule has 0 unspecified atom stereocenters. The maximum absolute atomic E-state index is 13.3. The van der Waals surface area contributed by atoms with Gasteiger partial charge in [0, 0.05) is 37.8 Å². The van der Waals surface area contributed by atoms with Crippen molar-refractivity contribution >= 4 is 34.0 Å². The molecule has 1 aliphatic rings. The predicted molar refractivity (Wildman–Crippen MR) is 81.6 cm³/mol. The Labute approximate surface area is 134 Å². The Morgan fingerprint density at radius 1 is 1.18 bits per heavy atom. The van der Waals surface area contributed by atoms with Crippen molar-refractivity contribution in [1.29, 1.82) is 0 Å². The molecule has 2 aromatic rings. The summed E-state index contributed by atoms with van der Waals surface area (Å²) in [6, 6.07) is 1.68. The topological polar surface area (TPSA) is 36.4 Å². The van der Waals surface area contributed by atoms with Crippen molar-refractivity contribution in [2.75, 3.05) is 31.1 Å². The molecule has 1 aliphatic heterocycles. The second-order valence-electron chi connectivity index (χ2n) is 4.84. The number of nitrogens with zero attached hydrogens (tertiary/aromatic N) is 3. The minimum atomic E-state index is -1.07. The Morgan fingerprint density at radius 2 is 1.86 bits per heavy atom. The fourth-order valence-corrected chi connectivity index (χ4v) is 3.26. The highest BCUT2D eigenvalue weighted by Gasteiger charge is 2.25. The van der Waals surface area contributed by atoms with Crippen molar-refractivity contribution in [2.45, 2.75) is 0 Å². The van der Waals surface area contributed by atoms with E-state index in [4.69, 9.17) is 11.6 Å². The third-order valence-corrected chi connectivity index (χ3v) is 4.64. The predicted octanol–water partition coefficient (Wildman–Crippen LogP) is 3.04. The van der Waals surface area contributed by atoms with E-state index in [0.29, 0.717) is 26.2 Å². The Kier molecular flexibility index (Phi) is 4.26. The summed E-state index contributed by atoms with van der Waals surface area (Å²) >= 11 is 7.39. The lowest BCUT2D eigenvalue weighted by molar-refractivity contribution is 0.0746. The van der Waals surface area contributed by atoms with E-state index in [1.807, 2.05) is 5.38 Å². The molecule has 1 saturated heterocycles. The minimum absolute atomic E-state index is 0.0109. The summed E-state index contributed by atoms with van der Waals surface area (Å²) in [6.07, 6.45) is 1.73. The van der Waals surface area contributed by atoms with E-state index in [9.17, 15) is 13.6 Å². The molecule has 0 saturated carbocycles. The molecular formula is C14H12ClF2N3OS. The molecular weight excluding hydrogens is 332 g/mol. The van der Waals surface area contributed by atoms with Crippen LogP contribution in [0.5, 0.6) is 0 Å². The number of amides is 1. The maximum atomic E-state index is 13.3. The number of piperazine rings is 1. The molecule has 8 heteroatoms. The summed E-state index contributed by atoms with van der Waals surface area (Å²) in [5.74, 6) is -2.52. The van der Waals surface area contributed by atoms with Crippen LogP contribution in [0.1, 0.15) is 10.4 Å². The van der Waals surface area contributed by atoms with Crippen LogP contribution in [0.4, 0.5) is 13.9 Å². The Morgan fingerprint density at radius 3 is 2.50 bits per heavy atom. The van der Waals surface area contributed by atoms with Crippen molar-refractivity contribution in [2.24, 2.45) is 0 Å². The Hall–Kier alpha value is -1.73. The summed E-state index contributed by atoms with van der Waals surface area (Å²) in [5.41, 5.74) is -0.0109. The molecule has 0 bridgehead atoms. The zero-order valence-corrected chi connectivity index (χ0v) is 13.0. The van der Waals surface area contributed by atoms with Gasteiger partial charge >= 0.3 is 0 Å². The first-order valence-electron chi connectivity index (χ1n) is 6.64. The standard InChI is InChI=1S/C14H12ClF2N3OS/c15-10-8-12(17)11(16)7-9(10)13(21)19-2-4-20(5-3-19)14-18-1-6-22-14/h1,6-8H,2-5H2. The van der Waals surface area contributed by atoms with Crippen molar-refractivity contribution in [3.05, 3.63) is 45.9 Å². The van der Waals surface area contributed by atoms with Crippen molar-refractivity contribution < 1.29 is 13.6 Å². The first kappa shape index (κ1) is 15.2. The van der Waals surface area contributed by atoms with Gasteiger partial charge in [0.15, 0.2) is 16.8 Å². The molecule has 1 aromatic heterocycles. The minimum Gasteiger partial charge on any atom is -0.345 e. The van der Waals surface area contributed by atoms with Crippen molar-refractivity contribution in [3.63, 3.8) is 0 Å². The Bertz CT molecular complexity index is 688. The summed E-state index contributed by atoms with van der Waals surface area (Å²) in [4.78, 5) is 20.3. The molecule has 0 aliphatic carbocycles. The van der Waals surface area contributed by atoms with Crippen molar-refractivity contribution in [3.8, 4) is 0 Å². The van der Waals surface area contributed by atoms with E-state index in [1.165, 1.54) is 0 Å². The number of hydrogen-bond acceptors (Lipinski definition) is 4. The van der Waals surface area contributed by atoms with Crippen LogP contribution < -0.4 is 4.90 Å². The molecule has 4 nitrogen and oxygen atoms in total. The van der Waals surface area contributed by atoms with E-state index >= 15 is 0 Å². The maximum Gasteiger partial charge on any atom is 0.255 e. The third kappa shape index (κ3) is 2.91. The molecule has 1 fully saturated rings. The Balaban J connectivity index is 1.71. The highest BCUT2D eigenvalue weighted by atomic mass is 35.5. The van der Waals surface area contributed by atoms with Gasteiger partial charge in [-0.05, 0) is 12.1 Å². The van der Waals surface area contributed by atoms with Crippen LogP contribution in [-0.4, -0.2) is 42.0 Å². The van der Waals surface area contributed by atoms with Gasteiger partial charge in [-0.2, -0.15) is 0 Å². The van der Waals surface area contributed by atoms with E-state index < -0.39 is 11.6 Å². The van der Waals surface area contributed by atoms with Crippen LogP contribution in [0.2, 0.25) is 5.02 Å². The van der Waals surface area contributed by atoms with E-state index in [1.54, 1.807) is 22.4 Å². The molecule has 1 aromatic carbocycles. The van der Waals surface area contributed by atoms with Crippen LogP contribution in [0.25, 0.3) is 0 Å². The summed E-state index contributed by atoms with van der Waals surface area (Å²) < 4.78 is 26.4. The largest absolute Gasteiger partial charge is 0.345 e. The number of carbonyl (C=O) groups is 1. The van der Waals surface area contributed by atoms with Crippen LogP contribution in [0.15, 0.2) is 23.7 Å². The molecule has 22 heavy (non-hydrogen) atoms. The van der Waals surface area contributed by atoms with Gasteiger partial charge in [0.1, 0.15) is 0 Å². The lowest BCUT2D eigenvalue weighted by Gasteiger charge is -2.34. The van der Waals surface area contributed by atoms with E-state index in [-0.39, 0.29) is 16.5 Å². The zero-order chi connectivity index (χ0) is 15.7. The first-order valence-corrected chi connectivity index (χ1v) is 7.90. The zero-order valence-electron chi connectivity index (χ0n) is 11.4. The quantitative estimate of drug-likeness (QED) is 0.786. The fraction of sp³-hybridized carbons (Fsp3) is 0.286. The van der Waals surface area contributed by atoms with Gasteiger partial charge < -0.3 is 9.80 Å². The van der Waals surface area contributed by atoms with Crippen LogP contribution in [-0.2, 0) is 0 Å². The van der Waals surface area contributed by atoms with Gasteiger partial charge in [-0.1, -0.05) is 11.6 Å². The molecule has 0 spiro atoms. The number of aromatic nitrogens is 1.